The van der Waals surface area contributed by atoms with E-state index in [9.17, 15) is 9.59 Å². The number of anilines is 1. The molecule has 5 heteroatoms. The van der Waals surface area contributed by atoms with Crippen LogP contribution in [0.3, 0.4) is 0 Å². The SMILES string of the molecule is CC(=O)Nc1ccccc1CNC(C)C(=O)NCC(C)C. The molecule has 0 aliphatic heterocycles. The minimum Gasteiger partial charge on any atom is -0.354 e. The fourth-order valence-corrected chi connectivity index (χ4v) is 1.80. The van der Waals surface area contributed by atoms with Gasteiger partial charge in [-0.3, -0.25) is 9.59 Å². The Morgan fingerprint density at radius 2 is 1.81 bits per heavy atom. The third kappa shape index (κ3) is 6.40. The largest absolute Gasteiger partial charge is 0.354 e. The van der Waals surface area contributed by atoms with Crippen LogP contribution in [0.15, 0.2) is 24.3 Å². The van der Waals surface area contributed by atoms with Gasteiger partial charge in [-0.25, -0.2) is 0 Å². The van der Waals surface area contributed by atoms with E-state index in [1.54, 1.807) is 0 Å². The van der Waals surface area contributed by atoms with Crippen molar-refractivity contribution in [2.24, 2.45) is 5.92 Å². The van der Waals surface area contributed by atoms with E-state index in [1.165, 1.54) is 6.92 Å². The molecule has 0 saturated heterocycles. The highest BCUT2D eigenvalue weighted by atomic mass is 16.2. The van der Waals surface area contributed by atoms with Crippen molar-refractivity contribution in [3.8, 4) is 0 Å². The Balaban J connectivity index is 2.54. The summed E-state index contributed by atoms with van der Waals surface area (Å²) < 4.78 is 0. The first-order valence-corrected chi connectivity index (χ1v) is 7.26. The van der Waals surface area contributed by atoms with Gasteiger partial charge in [0.15, 0.2) is 0 Å². The van der Waals surface area contributed by atoms with Crippen LogP contribution >= 0.6 is 0 Å². The molecule has 0 bridgehead atoms. The summed E-state index contributed by atoms with van der Waals surface area (Å²) in [5.74, 6) is 0.313. The Labute approximate surface area is 126 Å². The summed E-state index contributed by atoms with van der Waals surface area (Å²) in [6.45, 7) is 8.62. The van der Waals surface area contributed by atoms with E-state index in [2.05, 4.69) is 29.8 Å². The van der Waals surface area contributed by atoms with E-state index in [4.69, 9.17) is 0 Å². The van der Waals surface area contributed by atoms with Gasteiger partial charge in [-0.1, -0.05) is 32.0 Å². The molecule has 21 heavy (non-hydrogen) atoms. The third-order valence-corrected chi connectivity index (χ3v) is 3.00. The zero-order valence-electron chi connectivity index (χ0n) is 13.2. The molecule has 0 heterocycles. The van der Waals surface area contributed by atoms with E-state index < -0.39 is 0 Å². The van der Waals surface area contributed by atoms with Crippen molar-refractivity contribution in [3.63, 3.8) is 0 Å². The molecule has 1 aromatic carbocycles. The highest BCUT2D eigenvalue weighted by molar-refractivity contribution is 5.89. The van der Waals surface area contributed by atoms with Crippen molar-refractivity contribution >= 4 is 17.5 Å². The Kier molecular flexibility index (Phi) is 6.88. The summed E-state index contributed by atoms with van der Waals surface area (Å²) in [7, 11) is 0. The number of carbonyl (C=O) groups is 2. The van der Waals surface area contributed by atoms with Gasteiger partial charge in [0.05, 0.1) is 6.04 Å². The number of benzene rings is 1. The molecule has 0 aliphatic rings. The summed E-state index contributed by atoms with van der Waals surface area (Å²) in [5, 5.41) is 8.85. The van der Waals surface area contributed by atoms with Crippen molar-refractivity contribution in [1.29, 1.82) is 0 Å². The fraction of sp³-hybridized carbons (Fsp3) is 0.500. The maximum Gasteiger partial charge on any atom is 0.236 e. The van der Waals surface area contributed by atoms with E-state index in [0.29, 0.717) is 19.0 Å². The van der Waals surface area contributed by atoms with Crippen molar-refractivity contribution in [1.82, 2.24) is 10.6 Å². The molecule has 2 amide bonds. The van der Waals surface area contributed by atoms with Crippen LogP contribution in [0.4, 0.5) is 5.69 Å². The topological polar surface area (TPSA) is 70.2 Å². The number of hydrogen-bond donors (Lipinski definition) is 3. The van der Waals surface area contributed by atoms with E-state index in [-0.39, 0.29) is 17.9 Å². The first kappa shape index (κ1) is 17.2. The highest BCUT2D eigenvalue weighted by Gasteiger charge is 2.13. The Morgan fingerprint density at radius 3 is 2.43 bits per heavy atom. The molecule has 1 rings (SSSR count). The Morgan fingerprint density at radius 1 is 1.14 bits per heavy atom. The third-order valence-electron chi connectivity index (χ3n) is 3.00. The number of amides is 2. The first-order chi connectivity index (χ1) is 9.90. The summed E-state index contributed by atoms with van der Waals surface area (Å²) >= 11 is 0. The van der Waals surface area contributed by atoms with Crippen LogP contribution in [0.5, 0.6) is 0 Å². The minimum absolute atomic E-state index is 0.0132. The molecular weight excluding hydrogens is 266 g/mol. The number of para-hydroxylation sites is 1. The first-order valence-electron chi connectivity index (χ1n) is 7.26. The highest BCUT2D eigenvalue weighted by Crippen LogP contribution is 2.14. The quantitative estimate of drug-likeness (QED) is 0.718. The summed E-state index contributed by atoms with van der Waals surface area (Å²) in [4.78, 5) is 23.1. The minimum atomic E-state index is -0.283. The van der Waals surface area contributed by atoms with Crippen molar-refractivity contribution in [2.45, 2.75) is 40.3 Å². The molecule has 0 saturated carbocycles. The average molecular weight is 291 g/mol. The van der Waals surface area contributed by atoms with Crippen LogP contribution in [0.25, 0.3) is 0 Å². The predicted octanol–water partition coefficient (Wildman–Crippen LogP) is 1.90. The Bertz CT molecular complexity index is 486. The van der Waals surface area contributed by atoms with Crippen LogP contribution in [0.1, 0.15) is 33.3 Å². The molecule has 0 spiro atoms. The van der Waals surface area contributed by atoms with Crippen molar-refractivity contribution in [2.75, 3.05) is 11.9 Å². The van der Waals surface area contributed by atoms with Crippen molar-refractivity contribution in [3.05, 3.63) is 29.8 Å². The summed E-state index contributed by atoms with van der Waals surface area (Å²) in [6, 6.07) is 7.27. The van der Waals surface area contributed by atoms with Gasteiger partial charge in [0.2, 0.25) is 11.8 Å². The lowest BCUT2D eigenvalue weighted by atomic mass is 10.1. The molecule has 0 radical (unpaired) electrons. The summed E-state index contributed by atoms with van der Waals surface area (Å²) in [5.41, 5.74) is 1.73. The van der Waals surface area contributed by atoms with Gasteiger partial charge >= 0.3 is 0 Å². The number of nitrogens with one attached hydrogen (secondary N) is 3. The molecule has 1 atom stereocenters. The van der Waals surface area contributed by atoms with Gasteiger partial charge in [0, 0.05) is 25.7 Å². The zero-order valence-corrected chi connectivity index (χ0v) is 13.2. The Hall–Kier alpha value is -1.88. The fourth-order valence-electron chi connectivity index (χ4n) is 1.80. The molecule has 0 fully saturated rings. The standard InChI is InChI=1S/C16H25N3O2/c1-11(2)9-18-16(21)12(3)17-10-14-7-5-6-8-15(14)19-13(4)20/h5-8,11-12,17H,9-10H2,1-4H3,(H,18,21)(H,19,20). The maximum atomic E-state index is 11.9. The monoisotopic (exact) mass is 291 g/mol. The maximum absolute atomic E-state index is 11.9. The number of hydrogen-bond acceptors (Lipinski definition) is 3. The molecule has 116 valence electrons. The van der Waals surface area contributed by atoms with Crippen LogP contribution in [-0.4, -0.2) is 24.4 Å². The van der Waals surface area contributed by atoms with Gasteiger partial charge < -0.3 is 16.0 Å². The van der Waals surface area contributed by atoms with E-state index >= 15 is 0 Å². The van der Waals surface area contributed by atoms with Gasteiger partial charge in [-0.2, -0.15) is 0 Å². The number of rotatable bonds is 7. The van der Waals surface area contributed by atoms with Crippen LogP contribution in [0, 0.1) is 5.92 Å². The zero-order chi connectivity index (χ0) is 15.8. The second kappa shape index (κ2) is 8.42. The molecule has 5 nitrogen and oxygen atoms in total. The van der Waals surface area contributed by atoms with Gasteiger partial charge in [-0.15, -0.1) is 0 Å². The normalized spacial score (nSPS) is 12.0. The number of carbonyl (C=O) groups excluding carboxylic acids is 2. The van der Waals surface area contributed by atoms with Gasteiger partial charge in [0.25, 0.3) is 0 Å². The van der Waals surface area contributed by atoms with Crippen LogP contribution in [-0.2, 0) is 16.1 Å². The van der Waals surface area contributed by atoms with Crippen molar-refractivity contribution < 1.29 is 9.59 Å². The second-order valence-corrected chi connectivity index (χ2v) is 5.58. The molecular formula is C16H25N3O2. The van der Waals surface area contributed by atoms with Gasteiger partial charge in [-0.05, 0) is 24.5 Å². The molecule has 3 N–H and O–H groups in total. The lowest BCUT2D eigenvalue weighted by Crippen LogP contribution is -2.43. The summed E-state index contributed by atoms with van der Waals surface area (Å²) in [6.07, 6.45) is 0. The second-order valence-electron chi connectivity index (χ2n) is 5.58. The lowest BCUT2D eigenvalue weighted by Gasteiger charge is -2.16. The van der Waals surface area contributed by atoms with Gasteiger partial charge in [0.1, 0.15) is 0 Å². The average Bonchev–Trinajstić information content (AvgIpc) is 2.42. The van der Waals surface area contributed by atoms with E-state index in [0.717, 1.165) is 11.3 Å². The van der Waals surface area contributed by atoms with Crippen LogP contribution < -0.4 is 16.0 Å². The molecule has 0 aromatic heterocycles. The van der Waals surface area contributed by atoms with E-state index in [1.807, 2.05) is 31.2 Å². The lowest BCUT2D eigenvalue weighted by molar-refractivity contribution is -0.123. The molecule has 1 unspecified atom stereocenters. The molecule has 0 aliphatic carbocycles. The van der Waals surface area contributed by atoms with Crippen LogP contribution in [0.2, 0.25) is 0 Å². The molecule has 1 aromatic rings. The predicted molar refractivity (Wildman–Crippen MR) is 84.9 cm³/mol. The smallest absolute Gasteiger partial charge is 0.236 e.